The highest BCUT2D eigenvalue weighted by Crippen LogP contribution is 2.22. The highest BCUT2D eigenvalue weighted by Gasteiger charge is 2.11. The highest BCUT2D eigenvalue weighted by atomic mass is 16.5. The molecule has 1 saturated heterocycles. The Hall–Kier alpha value is -2.53. The molecule has 0 spiro atoms. The Kier molecular flexibility index (Phi) is 6.71. The first kappa shape index (κ1) is 19.2. The van der Waals surface area contributed by atoms with Crippen LogP contribution in [0.4, 0.5) is 11.4 Å². The Morgan fingerprint density at radius 1 is 1.11 bits per heavy atom. The molecule has 5 nitrogen and oxygen atoms in total. The first-order chi connectivity index (χ1) is 13.2. The fraction of sp³-hybridized carbons (Fsp3) is 0.409. The van der Waals surface area contributed by atoms with Crippen LogP contribution in [0.5, 0.6) is 5.75 Å². The SMILES string of the molecule is CC[C@@H](C)c1ccc(OCC(=O)Nc2ccc(N3CCOCC3)cc2)cc1. The van der Waals surface area contributed by atoms with Crippen molar-refractivity contribution in [1.82, 2.24) is 0 Å². The molecule has 27 heavy (non-hydrogen) atoms. The summed E-state index contributed by atoms with van der Waals surface area (Å²) in [5, 5.41) is 2.87. The van der Waals surface area contributed by atoms with Crippen molar-refractivity contribution >= 4 is 17.3 Å². The minimum atomic E-state index is -0.167. The fourth-order valence-corrected chi connectivity index (χ4v) is 3.05. The van der Waals surface area contributed by atoms with Gasteiger partial charge in [-0.3, -0.25) is 4.79 Å². The normalized spacial score (nSPS) is 15.3. The van der Waals surface area contributed by atoms with E-state index >= 15 is 0 Å². The van der Waals surface area contributed by atoms with Gasteiger partial charge in [0.1, 0.15) is 5.75 Å². The van der Waals surface area contributed by atoms with Crippen LogP contribution in [0.1, 0.15) is 31.7 Å². The van der Waals surface area contributed by atoms with Crippen LogP contribution in [-0.4, -0.2) is 38.8 Å². The summed E-state index contributed by atoms with van der Waals surface area (Å²) in [6.45, 7) is 7.68. The number of rotatable bonds is 7. The van der Waals surface area contributed by atoms with Gasteiger partial charge in [-0.2, -0.15) is 0 Å². The second-order valence-electron chi connectivity index (χ2n) is 6.86. The number of nitrogens with zero attached hydrogens (tertiary/aromatic N) is 1. The lowest BCUT2D eigenvalue weighted by Crippen LogP contribution is -2.36. The van der Waals surface area contributed by atoms with Gasteiger partial charge in [0.2, 0.25) is 0 Å². The monoisotopic (exact) mass is 368 g/mol. The second-order valence-corrected chi connectivity index (χ2v) is 6.86. The number of morpholine rings is 1. The highest BCUT2D eigenvalue weighted by molar-refractivity contribution is 5.92. The molecule has 1 aliphatic heterocycles. The van der Waals surface area contributed by atoms with E-state index < -0.39 is 0 Å². The molecule has 1 aliphatic rings. The second kappa shape index (κ2) is 9.42. The molecule has 0 radical (unpaired) electrons. The van der Waals surface area contributed by atoms with Crippen molar-refractivity contribution < 1.29 is 14.3 Å². The molecule has 1 atom stereocenters. The van der Waals surface area contributed by atoms with Gasteiger partial charge in [-0.15, -0.1) is 0 Å². The molecule has 144 valence electrons. The molecule has 1 amide bonds. The summed E-state index contributed by atoms with van der Waals surface area (Å²) in [4.78, 5) is 14.4. The van der Waals surface area contributed by atoms with Crippen LogP contribution >= 0.6 is 0 Å². The van der Waals surface area contributed by atoms with Crippen molar-refractivity contribution in [3.05, 3.63) is 54.1 Å². The maximum Gasteiger partial charge on any atom is 0.262 e. The van der Waals surface area contributed by atoms with E-state index in [-0.39, 0.29) is 12.5 Å². The smallest absolute Gasteiger partial charge is 0.262 e. The summed E-state index contributed by atoms with van der Waals surface area (Å²) in [6.07, 6.45) is 1.10. The van der Waals surface area contributed by atoms with E-state index in [0.717, 1.165) is 44.1 Å². The minimum Gasteiger partial charge on any atom is -0.484 e. The molecule has 5 heteroatoms. The quantitative estimate of drug-likeness (QED) is 0.801. The number of nitrogens with one attached hydrogen (secondary N) is 1. The van der Waals surface area contributed by atoms with E-state index in [9.17, 15) is 4.79 Å². The van der Waals surface area contributed by atoms with E-state index in [2.05, 4.69) is 36.2 Å². The summed E-state index contributed by atoms with van der Waals surface area (Å²) in [7, 11) is 0. The van der Waals surface area contributed by atoms with Crippen LogP contribution in [-0.2, 0) is 9.53 Å². The number of benzene rings is 2. The topological polar surface area (TPSA) is 50.8 Å². The largest absolute Gasteiger partial charge is 0.484 e. The summed E-state index contributed by atoms with van der Waals surface area (Å²) < 4.78 is 11.0. The van der Waals surface area contributed by atoms with Gasteiger partial charge < -0.3 is 19.7 Å². The maximum atomic E-state index is 12.1. The van der Waals surface area contributed by atoms with Gasteiger partial charge >= 0.3 is 0 Å². The van der Waals surface area contributed by atoms with Crippen molar-refractivity contribution in [3.8, 4) is 5.75 Å². The third-order valence-electron chi connectivity index (χ3n) is 4.96. The van der Waals surface area contributed by atoms with Crippen molar-refractivity contribution in [1.29, 1.82) is 0 Å². The summed E-state index contributed by atoms with van der Waals surface area (Å²) >= 11 is 0. The molecule has 0 aromatic heterocycles. The van der Waals surface area contributed by atoms with E-state index in [1.54, 1.807) is 0 Å². The van der Waals surface area contributed by atoms with E-state index in [4.69, 9.17) is 9.47 Å². The molecular formula is C22H28N2O3. The number of anilines is 2. The summed E-state index contributed by atoms with van der Waals surface area (Å²) in [5.74, 6) is 1.07. The zero-order valence-corrected chi connectivity index (χ0v) is 16.1. The molecule has 3 rings (SSSR count). The molecule has 0 aliphatic carbocycles. The first-order valence-electron chi connectivity index (χ1n) is 9.61. The Bertz CT molecular complexity index is 722. The fourth-order valence-electron chi connectivity index (χ4n) is 3.05. The van der Waals surface area contributed by atoms with Gasteiger partial charge in [-0.1, -0.05) is 26.0 Å². The number of amides is 1. The third-order valence-corrected chi connectivity index (χ3v) is 4.96. The van der Waals surface area contributed by atoms with E-state index in [0.29, 0.717) is 11.7 Å². The average molecular weight is 368 g/mol. The molecule has 0 saturated carbocycles. The Morgan fingerprint density at radius 3 is 2.41 bits per heavy atom. The lowest BCUT2D eigenvalue weighted by atomic mass is 9.99. The first-order valence-corrected chi connectivity index (χ1v) is 9.61. The lowest BCUT2D eigenvalue weighted by Gasteiger charge is -2.28. The number of hydrogen-bond acceptors (Lipinski definition) is 4. The van der Waals surface area contributed by atoms with Crippen LogP contribution in [0.2, 0.25) is 0 Å². The molecule has 1 N–H and O–H groups in total. The molecule has 1 fully saturated rings. The number of carbonyl (C=O) groups is 1. The molecule has 1 heterocycles. The minimum absolute atomic E-state index is 0.00606. The average Bonchev–Trinajstić information content (AvgIpc) is 2.73. The maximum absolute atomic E-state index is 12.1. The molecule has 2 aromatic rings. The third kappa shape index (κ3) is 5.47. The van der Waals surface area contributed by atoms with Crippen molar-refractivity contribution in [2.45, 2.75) is 26.2 Å². The van der Waals surface area contributed by atoms with Crippen molar-refractivity contribution in [3.63, 3.8) is 0 Å². The molecule has 0 unspecified atom stereocenters. The van der Waals surface area contributed by atoms with Crippen LogP contribution < -0.4 is 15.0 Å². The van der Waals surface area contributed by atoms with Crippen LogP contribution in [0.3, 0.4) is 0 Å². The molecule has 2 aromatic carbocycles. The standard InChI is InChI=1S/C22H28N2O3/c1-3-17(2)18-4-10-21(11-5-18)27-16-22(25)23-19-6-8-20(9-7-19)24-12-14-26-15-13-24/h4-11,17H,3,12-16H2,1-2H3,(H,23,25)/t17-/m1/s1. The Morgan fingerprint density at radius 2 is 1.78 bits per heavy atom. The lowest BCUT2D eigenvalue weighted by molar-refractivity contribution is -0.118. The predicted molar refractivity (Wildman–Crippen MR) is 109 cm³/mol. The zero-order valence-electron chi connectivity index (χ0n) is 16.1. The van der Waals surface area contributed by atoms with Gasteiger partial charge in [-0.05, 0) is 54.3 Å². The number of ether oxygens (including phenoxy) is 2. The molecule has 0 bridgehead atoms. The van der Waals surface area contributed by atoms with Gasteiger partial charge in [0.15, 0.2) is 6.61 Å². The predicted octanol–water partition coefficient (Wildman–Crippen LogP) is 4.05. The van der Waals surface area contributed by atoms with E-state index in [1.165, 1.54) is 5.56 Å². The molecular weight excluding hydrogens is 340 g/mol. The zero-order chi connectivity index (χ0) is 19.1. The van der Waals surface area contributed by atoms with Gasteiger partial charge in [-0.25, -0.2) is 0 Å². The summed E-state index contributed by atoms with van der Waals surface area (Å²) in [5.41, 5.74) is 3.20. The Labute approximate surface area is 161 Å². The van der Waals surface area contributed by atoms with Crippen LogP contribution in [0.25, 0.3) is 0 Å². The van der Waals surface area contributed by atoms with Gasteiger partial charge in [0.05, 0.1) is 13.2 Å². The van der Waals surface area contributed by atoms with Crippen LogP contribution in [0, 0.1) is 0 Å². The van der Waals surface area contributed by atoms with E-state index in [1.807, 2.05) is 36.4 Å². The van der Waals surface area contributed by atoms with Gasteiger partial charge in [0, 0.05) is 24.5 Å². The summed E-state index contributed by atoms with van der Waals surface area (Å²) in [6, 6.07) is 15.9. The van der Waals surface area contributed by atoms with Gasteiger partial charge in [0.25, 0.3) is 5.91 Å². The van der Waals surface area contributed by atoms with Crippen LogP contribution in [0.15, 0.2) is 48.5 Å². The van der Waals surface area contributed by atoms with Crippen molar-refractivity contribution in [2.24, 2.45) is 0 Å². The number of hydrogen-bond donors (Lipinski definition) is 1. The Balaban J connectivity index is 1.47. The number of carbonyl (C=O) groups excluding carboxylic acids is 1. The van der Waals surface area contributed by atoms with Crippen molar-refractivity contribution in [2.75, 3.05) is 43.1 Å².